The number of benzene rings is 1. The van der Waals surface area contributed by atoms with E-state index in [-0.39, 0.29) is 5.60 Å². The van der Waals surface area contributed by atoms with Crippen LogP contribution in [-0.4, -0.2) is 25.4 Å². The summed E-state index contributed by atoms with van der Waals surface area (Å²) in [5.41, 5.74) is 1.24. The van der Waals surface area contributed by atoms with Crippen molar-refractivity contribution in [2.45, 2.75) is 56.8 Å². The molecule has 0 bridgehead atoms. The Hall–Kier alpha value is -0.770. The van der Waals surface area contributed by atoms with Crippen molar-refractivity contribution in [3.05, 3.63) is 28.8 Å². The van der Waals surface area contributed by atoms with Gasteiger partial charge in [-0.15, -0.1) is 0 Å². The van der Waals surface area contributed by atoms with E-state index >= 15 is 0 Å². The predicted molar refractivity (Wildman–Crippen MR) is 85.0 cm³/mol. The smallest absolute Gasteiger partial charge is 0.124 e. The fourth-order valence-corrected chi connectivity index (χ4v) is 3.92. The number of nitrogens with one attached hydrogen (secondary N) is 1. The van der Waals surface area contributed by atoms with Crippen LogP contribution in [0.2, 0.25) is 5.02 Å². The van der Waals surface area contributed by atoms with E-state index in [1.54, 1.807) is 7.11 Å². The Balaban J connectivity index is 1.51. The number of rotatable bonds is 5. The number of methoxy groups -OCH3 is 1. The van der Waals surface area contributed by atoms with E-state index in [4.69, 9.17) is 21.1 Å². The van der Waals surface area contributed by atoms with Gasteiger partial charge in [0.15, 0.2) is 0 Å². The molecule has 0 radical (unpaired) electrons. The minimum Gasteiger partial charge on any atom is -0.496 e. The van der Waals surface area contributed by atoms with E-state index in [1.807, 2.05) is 18.2 Å². The van der Waals surface area contributed by atoms with Crippen LogP contribution < -0.4 is 10.1 Å². The molecule has 1 saturated heterocycles. The highest BCUT2D eigenvalue weighted by Gasteiger charge is 2.41. The van der Waals surface area contributed by atoms with Gasteiger partial charge in [-0.3, -0.25) is 0 Å². The van der Waals surface area contributed by atoms with Crippen LogP contribution in [0.15, 0.2) is 18.2 Å². The van der Waals surface area contributed by atoms with Gasteiger partial charge in [-0.25, -0.2) is 0 Å². The second-order valence-electron chi connectivity index (χ2n) is 6.22. The maximum Gasteiger partial charge on any atom is 0.124 e. The minimum absolute atomic E-state index is 0.217. The maximum atomic E-state index is 6.31. The molecule has 0 amide bonds. The number of ether oxygens (including phenoxy) is 2. The molecule has 1 aromatic rings. The van der Waals surface area contributed by atoms with Gasteiger partial charge in [-0.05, 0) is 37.8 Å². The topological polar surface area (TPSA) is 30.5 Å². The molecule has 116 valence electrons. The third kappa shape index (κ3) is 3.36. The fourth-order valence-electron chi connectivity index (χ4n) is 3.69. The Bertz CT molecular complexity index is 486. The summed E-state index contributed by atoms with van der Waals surface area (Å²) < 4.78 is 11.7. The first kappa shape index (κ1) is 15.1. The normalized spacial score (nSPS) is 23.8. The summed E-state index contributed by atoms with van der Waals surface area (Å²) in [5.74, 6) is 0.842. The lowest BCUT2D eigenvalue weighted by Gasteiger charge is -2.24. The van der Waals surface area contributed by atoms with Crippen LogP contribution in [0.25, 0.3) is 0 Å². The molecule has 1 saturated carbocycles. The zero-order valence-corrected chi connectivity index (χ0v) is 13.4. The highest BCUT2D eigenvalue weighted by Crippen LogP contribution is 2.43. The molecule has 1 unspecified atom stereocenters. The zero-order chi connectivity index (χ0) is 14.7. The van der Waals surface area contributed by atoms with Crippen LogP contribution in [-0.2, 0) is 11.3 Å². The molecule has 0 aromatic heterocycles. The summed E-state index contributed by atoms with van der Waals surface area (Å²) in [7, 11) is 1.68. The molecule has 3 rings (SSSR count). The first-order chi connectivity index (χ1) is 10.2. The minimum atomic E-state index is 0.217. The van der Waals surface area contributed by atoms with Crippen molar-refractivity contribution < 1.29 is 9.47 Å². The van der Waals surface area contributed by atoms with Gasteiger partial charge in [-0.2, -0.15) is 0 Å². The summed E-state index contributed by atoms with van der Waals surface area (Å²) in [5, 5.41) is 4.23. The van der Waals surface area contributed by atoms with Gasteiger partial charge >= 0.3 is 0 Å². The van der Waals surface area contributed by atoms with Gasteiger partial charge in [-0.1, -0.05) is 30.5 Å². The van der Waals surface area contributed by atoms with Crippen molar-refractivity contribution in [2.75, 3.05) is 13.7 Å². The molecule has 2 aliphatic rings. The van der Waals surface area contributed by atoms with Gasteiger partial charge in [0.2, 0.25) is 0 Å². The molecule has 21 heavy (non-hydrogen) atoms. The van der Waals surface area contributed by atoms with E-state index in [0.717, 1.165) is 29.4 Å². The van der Waals surface area contributed by atoms with Crippen molar-refractivity contribution in [3.63, 3.8) is 0 Å². The summed E-state index contributed by atoms with van der Waals surface area (Å²) in [4.78, 5) is 0. The summed E-state index contributed by atoms with van der Waals surface area (Å²) in [6.07, 6.45) is 7.91. The quantitative estimate of drug-likeness (QED) is 0.894. The molecule has 4 heteroatoms. The largest absolute Gasteiger partial charge is 0.496 e. The Morgan fingerprint density at radius 2 is 2.14 bits per heavy atom. The first-order valence-electron chi connectivity index (χ1n) is 7.92. The van der Waals surface area contributed by atoms with E-state index in [0.29, 0.717) is 6.10 Å². The second kappa shape index (κ2) is 6.55. The molecule has 1 heterocycles. The Labute approximate surface area is 132 Å². The SMILES string of the molecule is COc1cccc(Cl)c1CNCC1CCC2(CCCC2)O1. The van der Waals surface area contributed by atoms with E-state index in [2.05, 4.69) is 5.32 Å². The van der Waals surface area contributed by atoms with Crippen molar-refractivity contribution in [1.29, 1.82) is 0 Å². The van der Waals surface area contributed by atoms with Gasteiger partial charge in [0.25, 0.3) is 0 Å². The molecule has 1 aromatic carbocycles. The highest BCUT2D eigenvalue weighted by atomic mass is 35.5. The third-order valence-electron chi connectivity index (χ3n) is 4.82. The van der Waals surface area contributed by atoms with Crippen molar-refractivity contribution in [1.82, 2.24) is 5.32 Å². The Kier molecular flexibility index (Phi) is 4.72. The fraction of sp³-hybridized carbons (Fsp3) is 0.647. The Morgan fingerprint density at radius 3 is 2.90 bits per heavy atom. The van der Waals surface area contributed by atoms with Crippen LogP contribution >= 0.6 is 11.6 Å². The van der Waals surface area contributed by atoms with Gasteiger partial charge in [0, 0.05) is 23.7 Å². The lowest BCUT2D eigenvalue weighted by atomic mass is 9.98. The van der Waals surface area contributed by atoms with Crippen LogP contribution in [0.4, 0.5) is 0 Å². The molecule has 1 N–H and O–H groups in total. The molecule has 1 atom stereocenters. The lowest BCUT2D eigenvalue weighted by molar-refractivity contribution is -0.0351. The number of halogens is 1. The van der Waals surface area contributed by atoms with Gasteiger partial charge in [0.05, 0.1) is 18.8 Å². The summed E-state index contributed by atoms with van der Waals surface area (Å²) in [6, 6.07) is 5.76. The molecule has 1 spiro atoms. The van der Waals surface area contributed by atoms with Crippen molar-refractivity contribution in [2.24, 2.45) is 0 Å². The van der Waals surface area contributed by atoms with Gasteiger partial charge in [0.1, 0.15) is 5.75 Å². The molecular weight excluding hydrogens is 286 g/mol. The van der Waals surface area contributed by atoms with Crippen molar-refractivity contribution in [3.8, 4) is 5.75 Å². The van der Waals surface area contributed by atoms with Gasteiger partial charge < -0.3 is 14.8 Å². The number of hydrogen-bond acceptors (Lipinski definition) is 3. The Morgan fingerprint density at radius 1 is 1.33 bits per heavy atom. The number of hydrogen-bond donors (Lipinski definition) is 1. The maximum absolute atomic E-state index is 6.31. The molecule has 1 aliphatic heterocycles. The first-order valence-corrected chi connectivity index (χ1v) is 8.30. The standard InChI is InChI=1S/C17H24ClNO2/c1-20-16-6-4-5-15(18)14(16)12-19-11-13-7-10-17(21-13)8-2-3-9-17/h4-6,13,19H,2-3,7-12H2,1H3. The predicted octanol–water partition coefficient (Wildman–Crippen LogP) is 3.93. The van der Waals surface area contributed by atoms with Crippen LogP contribution in [0.5, 0.6) is 5.75 Å². The third-order valence-corrected chi connectivity index (χ3v) is 5.18. The van der Waals surface area contributed by atoms with Crippen LogP contribution in [0.3, 0.4) is 0 Å². The second-order valence-corrected chi connectivity index (χ2v) is 6.63. The molecule has 3 nitrogen and oxygen atoms in total. The lowest BCUT2D eigenvalue weighted by Crippen LogP contribution is -2.30. The molecular formula is C17H24ClNO2. The molecule has 1 aliphatic carbocycles. The average molecular weight is 310 g/mol. The monoisotopic (exact) mass is 309 g/mol. The summed E-state index contributed by atoms with van der Waals surface area (Å²) >= 11 is 6.25. The van der Waals surface area contributed by atoms with Crippen LogP contribution in [0.1, 0.15) is 44.1 Å². The van der Waals surface area contributed by atoms with Crippen LogP contribution in [0, 0.1) is 0 Å². The van der Waals surface area contributed by atoms with E-state index < -0.39 is 0 Å². The van der Waals surface area contributed by atoms with E-state index in [9.17, 15) is 0 Å². The average Bonchev–Trinajstić information content (AvgIpc) is 3.11. The zero-order valence-electron chi connectivity index (χ0n) is 12.7. The highest BCUT2D eigenvalue weighted by molar-refractivity contribution is 6.31. The summed E-state index contributed by atoms with van der Waals surface area (Å²) in [6.45, 7) is 1.60. The van der Waals surface area contributed by atoms with Crippen molar-refractivity contribution >= 4 is 11.6 Å². The molecule has 2 fully saturated rings. The van der Waals surface area contributed by atoms with E-state index in [1.165, 1.54) is 38.5 Å².